The Morgan fingerprint density at radius 3 is 2.63 bits per heavy atom. The van der Waals surface area contributed by atoms with Gasteiger partial charge in [-0.15, -0.1) is 24.0 Å². The third kappa shape index (κ3) is 8.89. The van der Waals surface area contributed by atoms with Crippen molar-refractivity contribution < 1.29 is 9.13 Å². The molecule has 0 heterocycles. The molecule has 1 aliphatic carbocycles. The van der Waals surface area contributed by atoms with Crippen LogP contribution in [0, 0.1) is 17.1 Å². The Labute approximate surface area is 178 Å². The summed E-state index contributed by atoms with van der Waals surface area (Å²) < 4.78 is 19.9. The molecule has 1 saturated carbocycles. The first kappa shape index (κ1) is 23.6. The Kier molecular flexibility index (Phi) is 12.0. The molecule has 1 fully saturated rings. The van der Waals surface area contributed by atoms with Gasteiger partial charge in [0.2, 0.25) is 0 Å². The molecule has 0 bridgehead atoms. The van der Waals surface area contributed by atoms with Crippen LogP contribution in [0.3, 0.4) is 0 Å². The predicted octanol–water partition coefficient (Wildman–Crippen LogP) is 4.11. The fourth-order valence-corrected chi connectivity index (χ4v) is 3.05. The zero-order valence-corrected chi connectivity index (χ0v) is 18.3. The molecule has 150 valence electrons. The number of hydrogen-bond acceptors (Lipinski definition) is 3. The summed E-state index contributed by atoms with van der Waals surface area (Å²) in [5.74, 6) is 0.237. The van der Waals surface area contributed by atoms with Crippen LogP contribution in [0.15, 0.2) is 23.2 Å². The normalized spacial score (nSPS) is 15.4. The average Bonchev–Trinajstić information content (AvgIpc) is 2.92. The van der Waals surface area contributed by atoms with Gasteiger partial charge in [0.1, 0.15) is 5.82 Å². The molecule has 5 nitrogen and oxygen atoms in total. The van der Waals surface area contributed by atoms with Gasteiger partial charge in [-0.1, -0.05) is 31.7 Å². The lowest BCUT2D eigenvalue weighted by atomic mass is 10.1. The SMILES string of the molecule is CCNC(=NCc1ccc(C#N)cc1F)NCCOC1CCCCCC1.I. The summed E-state index contributed by atoms with van der Waals surface area (Å²) in [5.41, 5.74) is 0.784. The summed E-state index contributed by atoms with van der Waals surface area (Å²) in [7, 11) is 0. The number of rotatable bonds is 7. The molecule has 0 spiro atoms. The van der Waals surface area contributed by atoms with Gasteiger partial charge in [0.15, 0.2) is 5.96 Å². The van der Waals surface area contributed by atoms with Crippen LogP contribution in [0.4, 0.5) is 4.39 Å². The first-order chi connectivity index (χ1) is 12.7. The van der Waals surface area contributed by atoms with E-state index < -0.39 is 5.82 Å². The van der Waals surface area contributed by atoms with E-state index in [9.17, 15) is 4.39 Å². The standard InChI is InChI=1S/C20H29FN4O.HI/c1-2-23-20(24-11-12-26-18-7-5-3-4-6-8-18)25-15-17-10-9-16(14-22)13-19(17)21;/h9-10,13,18H,2-8,11-12,15H2,1H3,(H2,23,24,25);1H. The highest BCUT2D eigenvalue weighted by Crippen LogP contribution is 2.19. The minimum Gasteiger partial charge on any atom is -0.376 e. The molecule has 0 unspecified atom stereocenters. The van der Waals surface area contributed by atoms with Gasteiger partial charge < -0.3 is 15.4 Å². The monoisotopic (exact) mass is 488 g/mol. The maximum atomic E-state index is 13.9. The largest absolute Gasteiger partial charge is 0.376 e. The smallest absolute Gasteiger partial charge is 0.191 e. The van der Waals surface area contributed by atoms with Crippen LogP contribution in [-0.4, -0.2) is 31.8 Å². The summed E-state index contributed by atoms with van der Waals surface area (Å²) in [6, 6.07) is 6.39. The van der Waals surface area contributed by atoms with Crippen LogP contribution < -0.4 is 10.6 Å². The van der Waals surface area contributed by atoms with Gasteiger partial charge in [0.25, 0.3) is 0 Å². The van der Waals surface area contributed by atoms with Crippen molar-refractivity contribution in [2.24, 2.45) is 4.99 Å². The topological polar surface area (TPSA) is 69.4 Å². The molecule has 7 heteroatoms. The van der Waals surface area contributed by atoms with Gasteiger partial charge in [-0.05, 0) is 31.9 Å². The number of aliphatic imine (C=N–C) groups is 1. The van der Waals surface area contributed by atoms with Crippen molar-refractivity contribution >= 4 is 29.9 Å². The molecule has 0 saturated heterocycles. The molecule has 0 radical (unpaired) electrons. The van der Waals surface area contributed by atoms with E-state index in [1.807, 2.05) is 13.0 Å². The predicted molar refractivity (Wildman–Crippen MR) is 117 cm³/mol. The molecule has 1 aromatic carbocycles. The van der Waals surface area contributed by atoms with Gasteiger partial charge in [-0.25, -0.2) is 9.38 Å². The average molecular weight is 488 g/mol. The van der Waals surface area contributed by atoms with E-state index in [0.29, 0.717) is 36.3 Å². The summed E-state index contributed by atoms with van der Waals surface area (Å²) in [4.78, 5) is 4.42. The van der Waals surface area contributed by atoms with Crippen LogP contribution in [0.1, 0.15) is 56.6 Å². The zero-order chi connectivity index (χ0) is 18.6. The van der Waals surface area contributed by atoms with E-state index in [1.54, 1.807) is 12.1 Å². The molecule has 0 amide bonds. The maximum Gasteiger partial charge on any atom is 0.191 e. The lowest BCUT2D eigenvalue weighted by Gasteiger charge is -2.16. The molecule has 0 atom stereocenters. The van der Waals surface area contributed by atoms with Crippen molar-refractivity contribution in [2.45, 2.75) is 58.1 Å². The number of nitriles is 1. The van der Waals surface area contributed by atoms with Gasteiger partial charge >= 0.3 is 0 Å². The minimum atomic E-state index is -0.402. The van der Waals surface area contributed by atoms with Crippen molar-refractivity contribution in [2.75, 3.05) is 19.7 Å². The number of nitrogens with one attached hydrogen (secondary N) is 2. The molecule has 0 aliphatic heterocycles. The summed E-state index contributed by atoms with van der Waals surface area (Å²) >= 11 is 0. The van der Waals surface area contributed by atoms with E-state index in [4.69, 9.17) is 10.00 Å². The Balaban J connectivity index is 0.00000364. The second-order valence-corrected chi connectivity index (χ2v) is 6.52. The second kappa shape index (κ2) is 13.7. The third-order valence-electron chi connectivity index (χ3n) is 4.48. The Hall–Kier alpha value is -1.40. The molecule has 27 heavy (non-hydrogen) atoms. The van der Waals surface area contributed by atoms with E-state index >= 15 is 0 Å². The number of benzene rings is 1. The number of ether oxygens (including phenoxy) is 1. The van der Waals surface area contributed by atoms with E-state index in [0.717, 1.165) is 19.4 Å². The number of hydrogen-bond donors (Lipinski definition) is 2. The molecular weight excluding hydrogens is 458 g/mol. The van der Waals surface area contributed by atoms with Crippen LogP contribution in [-0.2, 0) is 11.3 Å². The van der Waals surface area contributed by atoms with Crippen molar-refractivity contribution in [1.82, 2.24) is 10.6 Å². The van der Waals surface area contributed by atoms with Gasteiger partial charge in [-0.3, -0.25) is 0 Å². The number of nitrogens with zero attached hydrogens (tertiary/aromatic N) is 2. The first-order valence-electron chi connectivity index (χ1n) is 9.55. The lowest BCUT2D eigenvalue weighted by Crippen LogP contribution is -2.39. The Morgan fingerprint density at radius 2 is 2.00 bits per heavy atom. The van der Waals surface area contributed by atoms with Crippen molar-refractivity contribution in [3.8, 4) is 6.07 Å². The minimum absolute atomic E-state index is 0. The summed E-state index contributed by atoms with van der Waals surface area (Å²) in [6.45, 7) is 4.24. The molecule has 1 aromatic rings. The fraction of sp³-hybridized carbons (Fsp3) is 0.600. The highest BCUT2D eigenvalue weighted by atomic mass is 127. The number of halogens is 2. The van der Waals surface area contributed by atoms with Gasteiger partial charge in [0, 0.05) is 18.7 Å². The molecule has 0 aromatic heterocycles. The second-order valence-electron chi connectivity index (χ2n) is 6.52. The van der Waals surface area contributed by atoms with Crippen LogP contribution in [0.5, 0.6) is 0 Å². The van der Waals surface area contributed by atoms with Crippen molar-refractivity contribution in [3.63, 3.8) is 0 Å². The Bertz CT molecular complexity index is 625. The van der Waals surface area contributed by atoms with Gasteiger partial charge in [0.05, 0.1) is 30.9 Å². The van der Waals surface area contributed by atoms with Crippen LogP contribution >= 0.6 is 24.0 Å². The van der Waals surface area contributed by atoms with Crippen molar-refractivity contribution in [3.05, 3.63) is 35.1 Å². The third-order valence-corrected chi connectivity index (χ3v) is 4.48. The lowest BCUT2D eigenvalue weighted by molar-refractivity contribution is 0.0468. The Morgan fingerprint density at radius 1 is 1.26 bits per heavy atom. The molecule has 2 N–H and O–H groups in total. The van der Waals surface area contributed by atoms with Crippen molar-refractivity contribution in [1.29, 1.82) is 5.26 Å². The van der Waals surface area contributed by atoms with Crippen LogP contribution in [0.2, 0.25) is 0 Å². The molecule has 2 rings (SSSR count). The maximum absolute atomic E-state index is 13.9. The van der Waals surface area contributed by atoms with Crippen LogP contribution in [0.25, 0.3) is 0 Å². The molecule has 1 aliphatic rings. The molecular formula is C20H30FIN4O. The highest BCUT2D eigenvalue weighted by molar-refractivity contribution is 14.0. The summed E-state index contributed by atoms with van der Waals surface area (Å²) in [6.07, 6.45) is 7.86. The van der Waals surface area contributed by atoms with E-state index in [-0.39, 0.29) is 30.5 Å². The number of guanidine groups is 1. The van der Waals surface area contributed by atoms with E-state index in [2.05, 4.69) is 15.6 Å². The zero-order valence-electron chi connectivity index (χ0n) is 16.0. The fourth-order valence-electron chi connectivity index (χ4n) is 3.05. The van der Waals surface area contributed by atoms with Gasteiger partial charge in [-0.2, -0.15) is 5.26 Å². The quantitative estimate of drug-likeness (QED) is 0.199. The van der Waals surface area contributed by atoms with E-state index in [1.165, 1.54) is 31.7 Å². The first-order valence-corrected chi connectivity index (χ1v) is 9.55. The summed E-state index contributed by atoms with van der Waals surface area (Å²) in [5, 5.41) is 15.2. The highest BCUT2D eigenvalue weighted by Gasteiger charge is 2.12.